The number of hydrogen-bond acceptors (Lipinski definition) is 4. The summed E-state index contributed by atoms with van der Waals surface area (Å²) in [5, 5.41) is 2.55. The highest BCUT2D eigenvalue weighted by Gasteiger charge is 2.17. The van der Waals surface area contributed by atoms with E-state index in [1.807, 2.05) is 0 Å². The van der Waals surface area contributed by atoms with Gasteiger partial charge in [0.25, 0.3) is 11.8 Å². The summed E-state index contributed by atoms with van der Waals surface area (Å²) in [5.41, 5.74) is 2.15. The van der Waals surface area contributed by atoms with Gasteiger partial charge in [0.1, 0.15) is 6.04 Å². The van der Waals surface area contributed by atoms with Gasteiger partial charge in [0.05, 0.1) is 15.8 Å². The minimum Gasteiger partial charge on any atom is -0.340 e. The number of nitrogens with one attached hydrogen (secondary N) is 2. The smallest absolute Gasteiger partial charge is 0.265 e. The Labute approximate surface area is 105 Å². The van der Waals surface area contributed by atoms with Crippen molar-refractivity contribution in [2.75, 3.05) is 7.11 Å². The summed E-state index contributed by atoms with van der Waals surface area (Å²) in [4.78, 5) is 27.9. The third kappa shape index (κ3) is 3.58. The lowest BCUT2D eigenvalue weighted by Gasteiger charge is -2.11. The molecule has 1 rings (SSSR count). The number of halogens is 1. The molecular formula is C9H11BrN2O3S. The molecule has 0 saturated heterocycles. The van der Waals surface area contributed by atoms with Gasteiger partial charge < -0.3 is 5.32 Å². The van der Waals surface area contributed by atoms with Crippen LogP contribution < -0.4 is 10.8 Å². The second-order valence-corrected chi connectivity index (χ2v) is 5.43. The molecule has 1 atom stereocenters. The van der Waals surface area contributed by atoms with Crippen LogP contribution >= 0.6 is 27.3 Å². The molecule has 0 spiro atoms. The molecule has 0 unspecified atom stereocenters. The molecule has 0 radical (unpaired) electrons. The number of carbonyl (C=O) groups excluding carboxylic acids is 2. The maximum absolute atomic E-state index is 11.6. The topological polar surface area (TPSA) is 67.4 Å². The molecule has 0 bridgehead atoms. The van der Waals surface area contributed by atoms with Gasteiger partial charge in [-0.15, -0.1) is 11.3 Å². The summed E-state index contributed by atoms with van der Waals surface area (Å²) >= 11 is 4.56. The minimum atomic E-state index is -0.645. The third-order valence-corrected chi connectivity index (χ3v) is 3.36. The molecule has 7 heteroatoms. The van der Waals surface area contributed by atoms with Gasteiger partial charge in [0.15, 0.2) is 0 Å². The standard InChI is InChI=1S/C9H11BrN2O3S/c1-5(8(13)12-15-2)11-9(14)6-3-4-7(10)16-6/h3-5H,1-2H3,(H,11,14)(H,12,13)/t5-/m1/s1. The van der Waals surface area contributed by atoms with E-state index in [0.717, 1.165) is 3.79 Å². The zero-order valence-electron chi connectivity index (χ0n) is 8.74. The lowest BCUT2D eigenvalue weighted by molar-refractivity contribution is -0.132. The van der Waals surface area contributed by atoms with Crippen molar-refractivity contribution in [1.82, 2.24) is 10.8 Å². The summed E-state index contributed by atoms with van der Waals surface area (Å²) in [6.07, 6.45) is 0. The average molecular weight is 307 g/mol. The number of hydrogen-bond donors (Lipinski definition) is 2. The van der Waals surface area contributed by atoms with Crippen LogP contribution in [0.15, 0.2) is 15.9 Å². The Morgan fingerprint density at radius 2 is 2.19 bits per heavy atom. The first-order valence-electron chi connectivity index (χ1n) is 4.43. The van der Waals surface area contributed by atoms with Crippen LogP contribution in [0.4, 0.5) is 0 Å². The van der Waals surface area contributed by atoms with Crippen LogP contribution in [0.1, 0.15) is 16.6 Å². The van der Waals surface area contributed by atoms with Crippen molar-refractivity contribution in [2.45, 2.75) is 13.0 Å². The van der Waals surface area contributed by atoms with Crippen molar-refractivity contribution < 1.29 is 14.4 Å². The molecule has 1 aromatic rings. The fraction of sp³-hybridized carbons (Fsp3) is 0.333. The first-order chi connectivity index (χ1) is 7.54. The zero-order valence-corrected chi connectivity index (χ0v) is 11.1. The molecule has 88 valence electrons. The SMILES string of the molecule is CONC(=O)[C@@H](C)NC(=O)c1ccc(Br)s1. The van der Waals surface area contributed by atoms with Gasteiger partial charge in [0.2, 0.25) is 0 Å². The number of rotatable bonds is 4. The molecule has 0 fully saturated rings. The first kappa shape index (κ1) is 13.1. The normalized spacial score (nSPS) is 11.9. The van der Waals surface area contributed by atoms with E-state index in [9.17, 15) is 9.59 Å². The van der Waals surface area contributed by atoms with Crippen LogP contribution in [0, 0.1) is 0 Å². The molecule has 1 aromatic heterocycles. The van der Waals surface area contributed by atoms with Crippen molar-refractivity contribution in [3.63, 3.8) is 0 Å². The van der Waals surface area contributed by atoms with E-state index >= 15 is 0 Å². The molecule has 0 aliphatic carbocycles. The predicted molar refractivity (Wildman–Crippen MR) is 64.1 cm³/mol. The predicted octanol–water partition coefficient (Wildman–Crippen LogP) is 1.31. The fourth-order valence-corrected chi connectivity index (χ4v) is 2.25. The van der Waals surface area contributed by atoms with Crippen molar-refractivity contribution >= 4 is 39.1 Å². The maximum atomic E-state index is 11.6. The quantitative estimate of drug-likeness (QED) is 0.824. The Bertz CT molecular complexity index is 394. The molecule has 2 amide bonds. The van der Waals surface area contributed by atoms with Gasteiger partial charge in [-0.3, -0.25) is 14.4 Å². The van der Waals surface area contributed by atoms with Gasteiger partial charge in [-0.2, -0.15) is 0 Å². The Morgan fingerprint density at radius 3 is 2.69 bits per heavy atom. The fourth-order valence-electron chi connectivity index (χ4n) is 0.959. The van der Waals surface area contributed by atoms with E-state index < -0.39 is 11.9 Å². The van der Waals surface area contributed by atoms with Gasteiger partial charge in [-0.25, -0.2) is 5.48 Å². The van der Waals surface area contributed by atoms with Crippen molar-refractivity contribution in [3.8, 4) is 0 Å². The molecule has 2 N–H and O–H groups in total. The van der Waals surface area contributed by atoms with E-state index in [4.69, 9.17) is 0 Å². The number of amides is 2. The highest BCUT2D eigenvalue weighted by Crippen LogP contribution is 2.21. The van der Waals surface area contributed by atoms with Gasteiger partial charge in [-0.1, -0.05) is 0 Å². The Balaban J connectivity index is 2.54. The van der Waals surface area contributed by atoms with Crippen LogP contribution in [-0.2, 0) is 9.63 Å². The second-order valence-electron chi connectivity index (χ2n) is 2.97. The molecular weight excluding hydrogens is 296 g/mol. The van der Waals surface area contributed by atoms with Crippen LogP contribution in [0.5, 0.6) is 0 Å². The van der Waals surface area contributed by atoms with Gasteiger partial charge in [0, 0.05) is 0 Å². The first-order valence-corrected chi connectivity index (χ1v) is 6.04. The maximum Gasteiger partial charge on any atom is 0.265 e. The summed E-state index contributed by atoms with van der Waals surface area (Å²) < 4.78 is 0.867. The molecule has 0 saturated carbocycles. The van der Waals surface area contributed by atoms with Crippen molar-refractivity contribution in [2.24, 2.45) is 0 Å². The van der Waals surface area contributed by atoms with E-state index in [2.05, 4.69) is 31.6 Å². The van der Waals surface area contributed by atoms with E-state index in [-0.39, 0.29) is 5.91 Å². The van der Waals surface area contributed by atoms with E-state index in [1.165, 1.54) is 18.4 Å². The zero-order chi connectivity index (χ0) is 12.1. The summed E-state index contributed by atoms with van der Waals surface area (Å²) in [7, 11) is 1.34. The summed E-state index contributed by atoms with van der Waals surface area (Å²) in [6, 6.07) is 2.82. The van der Waals surface area contributed by atoms with E-state index in [0.29, 0.717) is 4.88 Å². The number of carbonyl (C=O) groups is 2. The molecule has 16 heavy (non-hydrogen) atoms. The molecule has 0 aliphatic rings. The third-order valence-electron chi connectivity index (χ3n) is 1.74. The average Bonchev–Trinajstić information content (AvgIpc) is 2.65. The van der Waals surface area contributed by atoms with Gasteiger partial charge >= 0.3 is 0 Å². The van der Waals surface area contributed by atoms with Crippen LogP contribution in [0.25, 0.3) is 0 Å². The largest absolute Gasteiger partial charge is 0.340 e. The Kier molecular flexibility index (Phi) is 4.91. The highest BCUT2D eigenvalue weighted by atomic mass is 79.9. The highest BCUT2D eigenvalue weighted by molar-refractivity contribution is 9.11. The lowest BCUT2D eigenvalue weighted by atomic mass is 10.3. The van der Waals surface area contributed by atoms with Crippen LogP contribution in [0.3, 0.4) is 0 Å². The minimum absolute atomic E-state index is 0.283. The van der Waals surface area contributed by atoms with Crippen molar-refractivity contribution in [1.29, 1.82) is 0 Å². The summed E-state index contributed by atoms with van der Waals surface area (Å²) in [5.74, 6) is -0.680. The summed E-state index contributed by atoms with van der Waals surface area (Å²) in [6.45, 7) is 1.58. The second kappa shape index (κ2) is 5.97. The van der Waals surface area contributed by atoms with Crippen LogP contribution in [0.2, 0.25) is 0 Å². The lowest BCUT2D eigenvalue weighted by Crippen LogP contribution is -2.44. The Morgan fingerprint density at radius 1 is 1.50 bits per heavy atom. The Hall–Kier alpha value is -0.920. The van der Waals surface area contributed by atoms with Crippen LogP contribution in [-0.4, -0.2) is 25.0 Å². The van der Waals surface area contributed by atoms with Gasteiger partial charge in [-0.05, 0) is 35.0 Å². The number of thiophene rings is 1. The van der Waals surface area contributed by atoms with E-state index in [1.54, 1.807) is 19.1 Å². The molecule has 0 aliphatic heterocycles. The monoisotopic (exact) mass is 306 g/mol. The number of hydroxylamine groups is 1. The molecule has 0 aromatic carbocycles. The van der Waals surface area contributed by atoms with Crippen molar-refractivity contribution in [3.05, 3.63) is 20.8 Å². The molecule has 5 nitrogen and oxygen atoms in total. The molecule has 1 heterocycles.